The third-order valence-electron chi connectivity index (χ3n) is 2.72. The van der Waals surface area contributed by atoms with Crippen LogP contribution >= 0.6 is 11.6 Å². The smallest absolute Gasteiger partial charge is 0.363 e. The molecule has 0 atom stereocenters. The molecule has 1 aromatic heterocycles. The lowest BCUT2D eigenvalue weighted by atomic mass is 10.2. The Kier molecular flexibility index (Phi) is 3.12. The van der Waals surface area contributed by atoms with E-state index in [9.17, 15) is 4.79 Å². The summed E-state index contributed by atoms with van der Waals surface area (Å²) in [7, 11) is 1.80. The monoisotopic (exact) mass is 287 g/mol. The van der Waals surface area contributed by atoms with Crippen LogP contribution in [-0.4, -0.2) is 21.6 Å². The van der Waals surface area contributed by atoms with Gasteiger partial charge in [0, 0.05) is 29.4 Å². The van der Waals surface area contributed by atoms with Gasteiger partial charge in [0.25, 0.3) is 0 Å². The van der Waals surface area contributed by atoms with Crippen LogP contribution in [0, 0.1) is 0 Å². The minimum atomic E-state index is -0.483. The van der Waals surface area contributed by atoms with Crippen molar-refractivity contribution in [2.24, 2.45) is 12.0 Å². The van der Waals surface area contributed by atoms with Crippen LogP contribution in [0.25, 0.3) is 6.08 Å². The molecule has 0 amide bonds. The molecule has 1 aliphatic heterocycles. The van der Waals surface area contributed by atoms with Crippen LogP contribution in [0.2, 0.25) is 5.02 Å². The summed E-state index contributed by atoms with van der Waals surface area (Å²) in [4.78, 5) is 16.0. The number of esters is 1. The number of halogens is 1. The van der Waals surface area contributed by atoms with E-state index in [4.69, 9.17) is 16.3 Å². The summed E-state index contributed by atoms with van der Waals surface area (Å²) >= 11 is 5.91. The van der Waals surface area contributed by atoms with Gasteiger partial charge < -0.3 is 4.74 Å². The maximum atomic E-state index is 11.8. The topological polar surface area (TPSA) is 56.5 Å². The fraction of sp³-hybridized carbons (Fsp3) is 0.0714. The molecule has 0 radical (unpaired) electrons. The highest BCUT2D eigenvalue weighted by Gasteiger charge is 2.24. The molecule has 2 aromatic rings. The highest BCUT2D eigenvalue weighted by Crippen LogP contribution is 2.20. The van der Waals surface area contributed by atoms with Crippen molar-refractivity contribution < 1.29 is 9.53 Å². The van der Waals surface area contributed by atoms with E-state index in [1.807, 2.05) is 0 Å². The first-order chi connectivity index (χ1) is 9.61. The fourth-order valence-electron chi connectivity index (χ4n) is 1.83. The summed E-state index contributed by atoms with van der Waals surface area (Å²) in [6.07, 6.45) is 5.06. The van der Waals surface area contributed by atoms with Crippen molar-refractivity contribution in [3.63, 3.8) is 0 Å². The highest BCUT2D eigenvalue weighted by atomic mass is 35.5. The quantitative estimate of drug-likeness (QED) is 0.629. The zero-order valence-corrected chi connectivity index (χ0v) is 11.3. The van der Waals surface area contributed by atoms with E-state index in [-0.39, 0.29) is 11.6 Å². The van der Waals surface area contributed by atoms with Crippen LogP contribution in [0.5, 0.6) is 0 Å². The minimum Gasteiger partial charge on any atom is -0.402 e. The first kappa shape index (κ1) is 12.6. The van der Waals surface area contributed by atoms with Crippen LogP contribution in [0.15, 0.2) is 47.3 Å². The van der Waals surface area contributed by atoms with Crippen molar-refractivity contribution in [3.05, 3.63) is 58.5 Å². The van der Waals surface area contributed by atoms with Crippen LogP contribution in [-0.2, 0) is 16.6 Å². The number of rotatable bonds is 2. The number of cyclic esters (lactones) is 1. The number of nitrogens with zero attached hydrogens (tertiary/aromatic N) is 3. The van der Waals surface area contributed by atoms with Crippen molar-refractivity contribution in [2.45, 2.75) is 0 Å². The number of carbonyl (C=O) groups is 1. The molecule has 5 nitrogen and oxygen atoms in total. The van der Waals surface area contributed by atoms with Crippen molar-refractivity contribution in [1.82, 2.24) is 9.78 Å². The third-order valence-corrected chi connectivity index (χ3v) is 2.96. The van der Waals surface area contributed by atoms with Gasteiger partial charge in [0.15, 0.2) is 5.70 Å². The van der Waals surface area contributed by atoms with E-state index >= 15 is 0 Å². The Labute approximate surface area is 120 Å². The fourth-order valence-corrected chi connectivity index (χ4v) is 2.02. The molecule has 6 heteroatoms. The molecular formula is C14H10ClN3O2. The van der Waals surface area contributed by atoms with Crippen LogP contribution in [0.4, 0.5) is 0 Å². The SMILES string of the molecule is Cn1cc(/C=C2/N=C(c3cccc(Cl)c3)OC2=O)cn1. The third kappa shape index (κ3) is 2.48. The van der Waals surface area contributed by atoms with Crippen LogP contribution in [0.1, 0.15) is 11.1 Å². The largest absolute Gasteiger partial charge is 0.402 e. The first-order valence-electron chi connectivity index (χ1n) is 5.89. The molecule has 0 bridgehead atoms. The van der Waals surface area contributed by atoms with Gasteiger partial charge in [0.1, 0.15) is 0 Å². The van der Waals surface area contributed by atoms with Gasteiger partial charge in [-0.25, -0.2) is 9.79 Å². The summed E-state index contributed by atoms with van der Waals surface area (Å²) in [5.41, 5.74) is 1.70. The van der Waals surface area contributed by atoms with E-state index < -0.39 is 5.97 Å². The Hall–Kier alpha value is -2.40. The van der Waals surface area contributed by atoms with E-state index in [0.717, 1.165) is 5.56 Å². The van der Waals surface area contributed by atoms with Gasteiger partial charge in [-0.3, -0.25) is 4.68 Å². The van der Waals surface area contributed by atoms with Gasteiger partial charge in [0.05, 0.1) is 6.20 Å². The molecule has 20 heavy (non-hydrogen) atoms. The van der Waals surface area contributed by atoms with Crippen LogP contribution in [0.3, 0.4) is 0 Å². The second kappa shape index (κ2) is 4.94. The van der Waals surface area contributed by atoms with Crippen molar-refractivity contribution in [2.75, 3.05) is 0 Å². The number of ether oxygens (including phenoxy) is 1. The molecule has 2 heterocycles. The summed E-state index contributed by atoms with van der Waals surface area (Å²) in [6.45, 7) is 0. The lowest BCUT2D eigenvalue weighted by Gasteiger charge is -1.98. The van der Waals surface area contributed by atoms with Crippen molar-refractivity contribution in [1.29, 1.82) is 0 Å². The second-order valence-electron chi connectivity index (χ2n) is 4.29. The van der Waals surface area contributed by atoms with E-state index in [1.165, 1.54) is 0 Å². The Morgan fingerprint density at radius 2 is 2.25 bits per heavy atom. The molecule has 0 unspecified atom stereocenters. The predicted molar refractivity (Wildman–Crippen MR) is 75.3 cm³/mol. The highest BCUT2D eigenvalue weighted by molar-refractivity contribution is 6.31. The standard InChI is InChI=1S/C14H10ClN3O2/c1-18-8-9(7-16-18)5-12-14(19)20-13(17-12)10-3-2-4-11(15)6-10/h2-8H,1H3/b12-5+. The Balaban J connectivity index is 1.94. The maximum absolute atomic E-state index is 11.8. The number of hydrogen-bond donors (Lipinski definition) is 0. The summed E-state index contributed by atoms with van der Waals surface area (Å²) in [5.74, 6) is -0.225. The van der Waals surface area contributed by atoms with E-state index in [0.29, 0.717) is 10.6 Å². The van der Waals surface area contributed by atoms with Crippen LogP contribution < -0.4 is 0 Å². The number of aryl methyl sites for hydroxylation is 1. The number of benzene rings is 1. The lowest BCUT2D eigenvalue weighted by Crippen LogP contribution is -2.05. The summed E-state index contributed by atoms with van der Waals surface area (Å²) in [6, 6.07) is 7.00. The molecule has 1 aliphatic rings. The molecule has 0 N–H and O–H groups in total. The average molecular weight is 288 g/mol. The normalized spacial score (nSPS) is 16.4. The summed E-state index contributed by atoms with van der Waals surface area (Å²) < 4.78 is 6.80. The molecule has 0 fully saturated rings. The Bertz CT molecular complexity index is 746. The van der Waals surface area contributed by atoms with Gasteiger partial charge in [-0.2, -0.15) is 5.10 Å². The summed E-state index contributed by atoms with van der Waals surface area (Å²) in [5, 5.41) is 4.59. The number of hydrogen-bond acceptors (Lipinski definition) is 4. The number of aliphatic imine (C=N–C) groups is 1. The second-order valence-corrected chi connectivity index (χ2v) is 4.73. The van der Waals surface area contributed by atoms with Crippen molar-refractivity contribution >= 4 is 29.5 Å². The Morgan fingerprint density at radius 1 is 1.40 bits per heavy atom. The predicted octanol–water partition coefficient (Wildman–Crippen LogP) is 2.42. The average Bonchev–Trinajstić information content (AvgIpc) is 2.97. The molecule has 3 rings (SSSR count). The van der Waals surface area contributed by atoms with Gasteiger partial charge in [-0.05, 0) is 24.3 Å². The van der Waals surface area contributed by atoms with E-state index in [1.54, 1.807) is 54.5 Å². The van der Waals surface area contributed by atoms with Gasteiger partial charge in [0.2, 0.25) is 5.90 Å². The molecule has 1 aromatic carbocycles. The zero-order chi connectivity index (χ0) is 14.1. The maximum Gasteiger partial charge on any atom is 0.363 e. The minimum absolute atomic E-state index is 0.243. The number of aromatic nitrogens is 2. The molecule has 0 aliphatic carbocycles. The van der Waals surface area contributed by atoms with Gasteiger partial charge in [-0.15, -0.1) is 0 Å². The molecule has 100 valence electrons. The van der Waals surface area contributed by atoms with E-state index in [2.05, 4.69) is 10.1 Å². The molecule has 0 saturated heterocycles. The van der Waals surface area contributed by atoms with Gasteiger partial charge in [-0.1, -0.05) is 17.7 Å². The van der Waals surface area contributed by atoms with Crippen molar-refractivity contribution in [3.8, 4) is 0 Å². The molecule has 0 spiro atoms. The molecular weight excluding hydrogens is 278 g/mol. The lowest BCUT2D eigenvalue weighted by molar-refractivity contribution is -0.129. The van der Waals surface area contributed by atoms with Gasteiger partial charge >= 0.3 is 5.97 Å². The Morgan fingerprint density at radius 3 is 2.95 bits per heavy atom. The zero-order valence-electron chi connectivity index (χ0n) is 10.6. The number of carbonyl (C=O) groups excluding carboxylic acids is 1. The molecule has 0 saturated carbocycles. The first-order valence-corrected chi connectivity index (χ1v) is 6.27.